The molecular weight excluding hydrogens is 272 g/mol. The summed E-state index contributed by atoms with van der Waals surface area (Å²) in [5.74, 6) is 1.09. The first-order valence-corrected chi connectivity index (χ1v) is 8.00. The van der Waals surface area contributed by atoms with Crippen molar-refractivity contribution in [3.05, 3.63) is 53.6 Å². The minimum absolute atomic E-state index is 0.233. The van der Waals surface area contributed by atoms with Gasteiger partial charge in [-0.3, -0.25) is 0 Å². The molecular formula is C20H22O2. The number of phenolic OH excluding ortho intramolecular Hbond substituents is 1. The molecule has 114 valence electrons. The van der Waals surface area contributed by atoms with Crippen LogP contribution in [0.4, 0.5) is 0 Å². The summed E-state index contributed by atoms with van der Waals surface area (Å²) in [5.41, 5.74) is 4.47. The largest absolute Gasteiger partial charge is 0.508 e. The van der Waals surface area contributed by atoms with E-state index in [1.165, 1.54) is 30.4 Å². The summed E-state index contributed by atoms with van der Waals surface area (Å²) in [6, 6.07) is 13.9. The third kappa shape index (κ3) is 3.01. The average Bonchev–Trinajstić information content (AvgIpc) is 2.90. The Hall–Kier alpha value is -2.22. The molecule has 1 heterocycles. The van der Waals surface area contributed by atoms with Crippen LogP contribution in [0.3, 0.4) is 0 Å². The van der Waals surface area contributed by atoms with Crippen molar-refractivity contribution in [2.45, 2.75) is 39.5 Å². The van der Waals surface area contributed by atoms with Crippen LogP contribution in [-0.2, 0) is 6.42 Å². The first-order valence-electron chi connectivity index (χ1n) is 8.00. The molecule has 0 atom stereocenters. The summed E-state index contributed by atoms with van der Waals surface area (Å²) in [6.45, 7) is 4.36. The van der Waals surface area contributed by atoms with E-state index < -0.39 is 0 Å². The van der Waals surface area contributed by atoms with E-state index in [0.29, 0.717) is 0 Å². The third-order valence-electron chi connectivity index (χ3n) is 4.13. The molecule has 0 saturated carbocycles. The Morgan fingerprint density at radius 2 is 1.86 bits per heavy atom. The molecule has 1 aromatic heterocycles. The molecule has 0 fully saturated rings. The number of unbranched alkanes of at least 4 members (excludes halogenated alkanes) is 2. The maximum absolute atomic E-state index is 9.54. The van der Waals surface area contributed by atoms with Crippen LogP contribution in [0.15, 0.2) is 46.9 Å². The van der Waals surface area contributed by atoms with Gasteiger partial charge in [0.05, 0.1) is 0 Å². The van der Waals surface area contributed by atoms with Crippen LogP contribution in [0.2, 0.25) is 0 Å². The maximum atomic E-state index is 9.54. The van der Waals surface area contributed by atoms with Crippen LogP contribution >= 0.6 is 0 Å². The Bertz CT molecular complexity index is 784. The lowest BCUT2D eigenvalue weighted by molar-refractivity contribution is 0.474. The summed E-state index contributed by atoms with van der Waals surface area (Å²) in [6.07, 6.45) is 4.93. The Morgan fingerprint density at radius 1 is 1.00 bits per heavy atom. The second kappa shape index (κ2) is 6.27. The van der Waals surface area contributed by atoms with Crippen molar-refractivity contribution in [3.8, 4) is 17.1 Å². The van der Waals surface area contributed by atoms with E-state index >= 15 is 0 Å². The number of furan rings is 1. The van der Waals surface area contributed by atoms with Gasteiger partial charge in [0.25, 0.3) is 0 Å². The molecule has 0 spiro atoms. The van der Waals surface area contributed by atoms with Crippen molar-refractivity contribution in [3.63, 3.8) is 0 Å². The van der Waals surface area contributed by atoms with E-state index in [2.05, 4.69) is 32.0 Å². The monoisotopic (exact) mass is 294 g/mol. The lowest BCUT2D eigenvalue weighted by atomic mass is 10.00. The van der Waals surface area contributed by atoms with Crippen LogP contribution in [0.25, 0.3) is 22.3 Å². The van der Waals surface area contributed by atoms with Gasteiger partial charge in [-0.1, -0.05) is 38.0 Å². The Labute approximate surface area is 131 Å². The zero-order valence-electron chi connectivity index (χ0n) is 13.2. The van der Waals surface area contributed by atoms with Gasteiger partial charge in [0.2, 0.25) is 0 Å². The fourth-order valence-corrected chi connectivity index (χ4v) is 2.89. The fourth-order valence-electron chi connectivity index (χ4n) is 2.89. The highest BCUT2D eigenvalue weighted by Crippen LogP contribution is 2.32. The van der Waals surface area contributed by atoms with Gasteiger partial charge in [-0.2, -0.15) is 0 Å². The van der Waals surface area contributed by atoms with Crippen molar-refractivity contribution in [2.24, 2.45) is 0 Å². The van der Waals surface area contributed by atoms with Crippen LogP contribution in [-0.4, -0.2) is 5.11 Å². The first kappa shape index (κ1) is 14.7. The number of hydrogen-bond donors (Lipinski definition) is 1. The first-order chi connectivity index (χ1) is 10.7. The predicted octanol–water partition coefficient (Wildman–Crippen LogP) is 5.85. The Kier molecular flexibility index (Phi) is 4.19. The summed E-state index contributed by atoms with van der Waals surface area (Å²) in [7, 11) is 0. The second-order valence-electron chi connectivity index (χ2n) is 5.94. The number of benzene rings is 2. The number of aryl methyl sites for hydroxylation is 2. The SMILES string of the molecule is CCCCCc1ccc(-c2cc3ccc(O)cc3o2)c(C)c1. The number of aromatic hydroxyl groups is 1. The molecule has 0 saturated heterocycles. The van der Waals surface area contributed by atoms with Gasteiger partial charge < -0.3 is 9.52 Å². The Morgan fingerprint density at radius 3 is 2.64 bits per heavy atom. The number of fused-ring (bicyclic) bond motifs is 1. The third-order valence-corrected chi connectivity index (χ3v) is 4.13. The molecule has 2 aromatic carbocycles. The molecule has 3 rings (SSSR count). The van der Waals surface area contributed by atoms with E-state index in [1.807, 2.05) is 12.1 Å². The molecule has 22 heavy (non-hydrogen) atoms. The maximum Gasteiger partial charge on any atom is 0.138 e. The average molecular weight is 294 g/mol. The van der Waals surface area contributed by atoms with Crippen molar-refractivity contribution in [1.82, 2.24) is 0 Å². The number of hydrogen-bond acceptors (Lipinski definition) is 2. The zero-order valence-corrected chi connectivity index (χ0v) is 13.2. The molecule has 0 aliphatic heterocycles. The van der Waals surface area contributed by atoms with Crippen molar-refractivity contribution >= 4 is 11.0 Å². The molecule has 0 radical (unpaired) electrons. The van der Waals surface area contributed by atoms with Gasteiger partial charge in [0, 0.05) is 17.0 Å². The van der Waals surface area contributed by atoms with E-state index in [-0.39, 0.29) is 5.75 Å². The number of rotatable bonds is 5. The lowest BCUT2D eigenvalue weighted by Crippen LogP contribution is -1.89. The summed E-state index contributed by atoms with van der Waals surface area (Å²) in [4.78, 5) is 0. The van der Waals surface area contributed by atoms with Gasteiger partial charge in [0.1, 0.15) is 17.1 Å². The summed E-state index contributed by atoms with van der Waals surface area (Å²) < 4.78 is 5.89. The molecule has 2 heteroatoms. The highest BCUT2D eigenvalue weighted by atomic mass is 16.3. The van der Waals surface area contributed by atoms with E-state index in [0.717, 1.165) is 28.7 Å². The van der Waals surface area contributed by atoms with Gasteiger partial charge in [-0.05, 0) is 49.1 Å². The second-order valence-corrected chi connectivity index (χ2v) is 5.94. The molecule has 0 unspecified atom stereocenters. The van der Waals surface area contributed by atoms with Crippen LogP contribution in [0.1, 0.15) is 37.3 Å². The van der Waals surface area contributed by atoms with Crippen molar-refractivity contribution < 1.29 is 9.52 Å². The molecule has 2 nitrogen and oxygen atoms in total. The van der Waals surface area contributed by atoms with Crippen molar-refractivity contribution in [2.75, 3.05) is 0 Å². The summed E-state index contributed by atoms with van der Waals surface area (Å²) in [5, 5.41) is 10.6. The summed E-state index contributed by atoms with van der Waals surface area (Å²) >= 11 is 0. The number of phenols is 1. The van der Waals surface area contributed by atoms with Crippen molar-refractivity contribution in [1.29, 1.82) is 0 Å². The highest BCUT2D eigenvalue weighted by Gasteiger charge is 2.09. The highest BCUT2D eigenvalue weighted by molar-refractivity contribution is 5.84. The molecule has 0 aliphatic rings. The fraction of sp³-hybridized carbons (Fsp3) is 0.300. The minimum Gasteiger partial charge on any atom is -0.508 e. The molecule has 3 aromatic rings. The lowest BCUT2D eigenvalue weighted by Gasteiger charge is -2.06. The van der Waals surface area contributed by atoms with Gasteiger partial charge in [-0.25, -0.2) is 0 Å². The van der Waals surface area contributed by atoms with Gasteiger partial charge in [0.15, 0.2) is 0 Å². The van der Waals surface area contributed by atoms with E-state index in [1.54, 1.807) is 12.1 Å². The standard InChI is InChI=1S/C20H22O2/c1-3-4-5-6-15-7-10-18(14(2)11-15)20-12-16-8-9-17(21)13-19(16)22-20/h7-13,21H,3-6H2,1-2H3. The van der Waals surface area contributed by atoms with Gasteiger partial charge in [-0.15, -0.1) is 0 Å². The molecule has 0 amide bonds. The quantitative estimate of drug-likeness (QED) is 0.599. The predicted molar refractivity (Wildman–Crippen MR) is 91.3 cm³/mol. The minimum atomic E-state index is 0.233. The molecule has 0 aliphatic carbocycles. The normalized spacial score (nSPS) is 11.2. The molecule has 0 bridgehead atoms. The zero-order chi connectivity index (χ0) is 15.5. The topological polar surface area (TPSA) is 33.4 Å². The van der Waals surface area contributed by atoms with Crippen LogP contribution in [0, 0.1) is 6.92 Å². The van der Waals surface area contributed by atoms with Gasteiger partial charge >= 0.3 is 0 Å². The van der Waals surface area contributed by atoms with Crippen LogP contribution < -0.4 is 0 Å². The molecule has 1 N–H and O–H groups in total. The smallest absolute Gasteiger partial charge is 0.138 e. The van der Waals surface area contributed by atoms with E-state index in [4.69, 9.17) is 4.42 Å². The van der Waals surface area contributed by atoms with E-state index in [9.17, 15) is 5.11 Å². The Balaban J connectivity index is 1.89. The van der Waals surface area contributed by atoms with Crippen LogP contribution in [0.5, 0.6) is 5.75 Å².